The zero-order chi connectivity index (χ0) is 12.8. The van der Waals surface area contributed by atoms with E-state index in [-0.39, 0.29) is 11.3 Å². The number of urea groups is 1. The first kappa shape index (κ1) is 13.6. The van der Waals surface area contributed by atoms with Crippen LogP contribution in [0.2, 0.25) is 0 Å². The van der Waals surface area contributed by atoms with Crippen LogP contribution in [0.15, 0.2) is 18.2 Å². The molecule has 0 atom stereocenters. The Morgan fingerprint density at radius 2 is 2.06 bits per heavy atom. The summed E-state index contributed by atoms with van der Waals surface area (Å²) in [7, 11) is 0. The van der Waals surface area contributed by atoms with Gasteiger partial charge in [-0.25, -0.2) is 10.2 Å². The summed E-state index contributed by atoms with van der Waals surface area (Å²) in [5.74, 6) is -0.473. The third kappa shape index (κ3) is 4.10. The molecular formula is C10H12IN3O3. The fraction of sp³-hybridized carbons (Fsp3) is 0.200. The van der Waals surface area contributed by atoms with Gasteiger partial charge < -0.3 is 10.4 Å². The first-order valence-electron chi connectivity index (χ1n) is 4.87. The van der Waals surface area contributed by atoms with E-state index >= 15 is 0 Å². The molecule has 0 unspecified atom stereocenters. The Balaban J connectivity index is 2.58. The first-order valence-corrected chi connectivity index (χ1v) is 5.95. The SMILES string of the molecule is CCNC(=O)NNC(=O)c1ccc(I)c(O)c1. The van der Waals surface area contributed by atoms with E-state index in [0.717, 1.165) is 0 Å². The summed E-state index contributed by atoms with van der Waals surface area (Å²) in [6.07, 6.45) is 0. The minimum atomic E-state index is -0.497. The number of carbonyl (C=O) groups is 2. The maximum absolute atomic E-state index is 11.5. The van der Waals surface area contributed by atoms with Crippen molar-refractivity contribution in [2.75, 3.05) is 6.54 Å². The van der Waals surface area contributed by atoms with Crippen LogP contribution >= 0.6 is 22.6 Å². The molecule has 0 saturated heterocycles. The molecule has 0 heterocycles. The first-order chi connectivity index (χ1) is 8.04. The van der Waals surface area contributed by atoms with Gasteiger partial charge in [0.05, 0.1) is 3.57 Å². The number of phenolic OH excluding ortho intramolecular Hbond substituents is 1. The zero-order valence-corrected chi connectivity index (χ0v) is 11.2. The van der Waals surface area contributed by atoms with Crippen LogP contribution in [0.25, 0.3) is 0 Å². The van der Waals surface area contributed by atoms with Crippen molar-refractivity contribution in [3.63, 3.8) is 0 Å². The molecule has 1 rings (SSSR count). The predicted molar refractivity (Wildman–Crippen MR) is 70.5 cm³/mol. The van der Waals surface area contributed by atoms with E-state index in [1.54, 1.807) is 19.1 Å². The van der Waals surface area contributed by atoms with Gasteiger partial charge in [-0.1, -0.05) is 0 Å². The minimum absolute atomic E-state index is 0.0243. The fourth-order valence-corrected chi connectivity index (χ4v) is 1.38. The molecule has 92 valence electrons. The summed E-state index contributed by atoms with van der Waals surface area (Å²) in [5.41, 5.74) is 4.66. The van der Waals surface area contributed by atoms with E-state index in [4.69, 9.17) is 0 Å². The highest BCUT2D eigenvalue weighted by Gasteiger charge is 2.08. The third-order valence-corrected chi connectivity index (χ3v) is 2.75. The molecule has 0 fully saturated rings. The predicted octanol–water partition coefficient (Wildman–Crippen LogP) is 0.961. The highest BCUT2D eigenvalue weighted by Crippen LogP contribution is 2.20. The summed E-state index contributed by atoms with van der Waals surface area (Å²) < 4.78 is 0.649. The summed E-state index contributed by atoms with van der Waals surface area (Å²) in [4.78, 5) is 22.6. The van der Waals surface area contributed by atoms with Crippen molar-refractivity contribution < 1.29 is 14.7 Å². The molecule has 0 bridgehead atoms. The van der Waals surface area contributed by atoms with Gasteiger partial charge in [-0.05, 0) is 47.7 Å². The van der Waals surface area contributed by atoms with Gasteiger partial charge in [0.1, 0.15) is 5.75 Å². The van der Waals surface area contributed by atoms with E-state index in [2.05, 4.69) is 16.2 Å². The number of carbonyl (C=O) groups excluding carboxylic acids is 2. The molecule has 1 aromatic carbocycles. The van der Waals surface area contributed by atoms with Crippen molar-refractivity contribution in [1.29, 1.82) is 0 Å². The normalized spacial score (nSPS) is 9.53. The molecule has 0 aliphatic carbocycles. The Morgan fingerprint density at radius 1 is 1.35 bits per heavy atom. The summed E-state index contributed by atoms with van der Waals surface area (Å²) in [5, 5.41) is 11.9. The highest BCUT2D eigenvalue weighted by molar-refractivity contribution is 14.1. The number of nitrogens with one attached hydrogen (secondary N) is 3. The topological polar surface area (TPSA) is 90.5 Å². The number of rotatable bonds is 2. The number of hydrogen-bond donors (Lipinski definition) is 4. The average molecular weight is 349 g/mol. The standard InChI is InChI=1S/C10H12IN3O3/c1-2-12-10(17)14-13-9(16)6-3-4-7(11)8(15)5-6/h3-5,15H,2H2,1H3,(H,13,16)(H2,12,14,17). The molecule has 3 amide bonds. The Bertz CT molecular complexity index is 437. The number of hydrogen-bond acceptors (Lipinski definition) is 3. The Morgan fingerprint density at radius 3 is 2.65 bits per heavy atom. The molecule has 0 aliphatic heterocycles. The third-order valence-electron chi connectivity index (χ3n) is 1.84. The van der Waals surface area contributed by atoms with E-state index in [0.29, 0.717) is 10.1 Å². The largest absolute Gasteiger partial charge is 0.507 e. The lowest BCUT2D eigenvalue weighted by Crippen LogP contribution is -2.46. The number of phenols is 1. The van der Waals surface area contributed by atoms with Gasteiger partial charge >= 0.3 is 6.03 Å². The Hall–Kier alpha value is -1.51. The van der Waals surface area contributed by atoms with Crippen LogP contribution in [0.4, 0.5) is 4.79 Å². The van der Waals surface area contributed by atoms with Gasteiger partial charge in [-0.15, -0.1) is 0 Å². The number of hydrazine groups is 1. The van der Waals surface area contributed by atoms with Crippen LogP contribution in [0.3, 0.4) is 0 Å². The molecule has 4 N–H and O–H groups in total. The molecule has 6 nitrogen and oxygen atoms in total. The molecule has 0 spiro atoms. The van der Waals surface area contributed by atoms with Gasteiger partial charge in [-0.3, -0.25) is 10.2 Å². The Labute approximate surface area is 112 Å². The van der Waals surface area contributed by atoms with Crippen molar-refractivity contribution in [3.05, 3.63) is 27.3 Å². The van der Waals surface area contributed by atoms with Crippen LogP contribution in [0, 0.1) is 3.57 Å². The molecule has 0 aliphatic rings. The van der Waals surface area contributed by atoms with E-state index < -0.39 is 11.9 Å². The van der Waals surface area contributed by atoms with Crippen molar-refractivity contribution in [3.8, 4) is 5.75 Å². The number of halogens is 1. The van der Waals surface area contributed by atoms with Gasteiger partial charge in [0, 0.05) is 12.1 Å². The lowest BCUT2D eigenvalue weighted by atomic mass is 10.2. The van der Waals surface area contributed by atoms with Crippen molar-refractivity contribution in [2.45, 2.75) is 6.92 Å². The monoisotopic (exact) mass is 349 g/mol. The van der Waals surface area contributed by atoms with Crippen LogP contribution in [-0.4, -0.2) is 23.6 Å². The highest BCUT2D eigenvalue weighted by atomic mass is 127. The van der Waals surface area contributed by atoms with Gasteiger partial charge in [0.25, 0.3) is 5.91 Å². The van der Waals surface area contributed by atoms with Crippen LogP contribution < -0.4 is 16.2 Å². The minimum Gasteiger partial charge on any atom is -0.507 e. The second kappa shape index (κ2) is 6.28. The average Bonchev–Trinajstić information content (AvgIpc) is 2.30. The molecule has 0 radical (unpaired) electrons. The van der Waals surface area contributed by atoms with Crippen molar-refractivity contribution >= 4 is 34.5 Å². The second-order valence-corrected chi connectivity index (χ2v) is 4.27. The second-order valence-electron chi connectivity index (χ2n) is 3.10. The van der Waals surface area contributed by atoms with Crippen LogP contribution in [0.1, 0.15) is 17.3 Å². The summed E-state index contributed by atoms with van der Waals surface area (Å²) in [6, 6.07) is 4.00. The molecule has 0 aromatic heterocycles. The molecule has 0 saturated carbocycles. The number of aromatic hydroxyl groups is 1. The molecular weight excluding hydrogens is 337 g/mol. The molecule has 7 heteroatoms. The van der Waals surface area contributed by atoms with Crippen LogP contribution in [-0.2, 0) is 0 Å². The molecule has 1 aromatic rings. The zero-order valence-electron chi connectivity index (χ0n) is 9.08. The van der Waals surface area contributed by atoms with Crippen molar-refractivity contribution in [2.24, 2.45) is 0 Å². The summed E-state index contributed by atoms with van der Waals surface area (Å²) >= 11 is 1.95. The number of amides is 3. The van der Waals surface area contributed by atoms with Gasteiger partial charge in [0.2, 0.25) is 0 Å². The quantitative estimate of drug-likeness (QED) is 0.474. The van der Waals surface area contributed by atoms with Crippen LogP contribution in [0.5, 0.6) is 5.75 Å². The smallest absolute Gasteiger partial charge is 0.333 e. The van der Waals surface area contributed by atoms with Crippen molar-refractivity contribution in [1.82, 2.24) is 16.2 Å². The lowest BCUT2D eigenvalue weighted by Gasteiger charge is -2.08. The fourth-order valence-electron chi connectivity index (χ4n) is 1.04. The summed E-state index contributed by atoms with van der Waals surface area (Å²) in [6.45, 7) is 2.23. The maximum Gasteiger partial charge on any atom is 0.333 e. The Kier molecular flexibility index (Phi) is 5.01. The van der Waals surface area contributed by atoms with Gasteiger partial charge in [-0.2, -0.15) is 0 Å². The maximum atomic E-state index is 11.5. The lowest BCUT2D eigenvalue weighted by molar-refractivity contribution is 0.0936. The number of benzene rings is 1. The molecule has 17 heavy (non-hydrogen) atoms. The van der Waals surface area contributed by atoms with Gasteiger partial charge in [0.15, 0.2) is 0 Å². The van der Waals surface area contributed by atoms with E-state index in [1.807, 2.05) is 22.6 Å². The van der Waals surface area contributed by atoms with E-state index in [1.165, 1.54) is 6.07 Å². The van der Waals surface area contributed by atoms with E-state index in [9.17, 15) is 14.7 Å².